The largest absolute Gasteiger partial charge is 0.382 e. The lowest BCUT2D eigenvalue weighted by molar-refractivity contribution is -0.128. The van der Waals surface area contributed by atoms with Gasteiger partial charge in [0.1, 0.15) is 0 Å². The van der Waals surface area contributed by atoms with E-state index in [4.69, 9.17) is 4.84 Å². The van der Waals surface area contributed by atoms with Gasteiger partial charge in [-0.05, 0) is 43.7 Å². The molecule has 2 rings (SSSR count). The fourth-order valence-corrected chi connectivity index (χ4v) is 2.31. The van der Waals surface area contributed by atoms with E-state index in [1.807, 2.05) is 42.5 Å². The summed E-state index contributed by atoms with van der Waals surface area (Å²) in [7, 11) is 1.70. The second-order valence-electron chi connectivity index (χ2n) is 5.92. The Morgan fingerprint density at radius 1 is 1.04 bits per heavy atom. The molecule has 2 amide bonds. The number of rotatable bonds is 6. The second-order valence-corrected chi connectivity index (χ2v) is 5.92. The maximum Gasteiger partial charge on any atom is 0.270 e. The third kappa shape index (κ3) is 5.17. The van der Waals surface area contributed by atoms with Crippen LogP contribution in [0.5, 0.6) is 0 Å². The molecule has 0 spiro atoms. The number of anilines is 2. The average molecular weight is 353 g/mol. The van der Waals surface area contributed by atoms with Crippen LogP contribution in [0.1, 0.15) is 26.3 Å². The molecule has 0 aliphatic rings. The molecule has 6 nitrogen and oxygen atoms in total. The summed E-state index contributed by atoms with van der Waals surface area (Å²) in [5.74, 6) is -0.310. The van der Waals surface area contributed by atoms with E-state index in [1.165, 1.54) is 11.8 Å². The Morgan fingerprint density at radius 2 is 1.65 bits per heavy atom. The number of para-hydroxylation sites is 1. The van der Waals surface area contributed by atoms with Crippen molar-refractivity contribution < 1.29 is 14.4 Å². The van der Waals surface area contributed by atoms with E-state index < -0.39 is 6.10 Å². The van der Waals surface area contributed by atoms with Gasteiger partial charge in [-0.3, -0.25) is 9.59 Å². The van der Waals surface area contributed by atoms with Crippen LogP contribution in [0.2, 0.25) is 0 Å². The van der Waals surface area contributed by atoms with Crippen LogP contribution in [0, 0.1) is 0 Å². The van der Waals surface area contributed by atoms with E-state index in [0.717, 1.165) is 11.3 Å². The molecule has 0 fully saturated rings. The van der Waals surface area contributed by atoms with Gasteiger partial charge >= 0.3 is 0 Å². The monoisotopic (exact) mass is 353 g/mol. The molecule has 26 heavy (non-hydrogen) atoms. The molecule has 0 heterocycles. The smallest absolute Gasteiger partial charge is 0.270 e. The molecule has 0 radical (unpaired) electrons. The molecule has 6 heteroatoms. The number of nitrogens with zero attached hydrogens (tertiary/aromatic N) is 2. The van der Waals surface area contributed by atoms with Crippen molar-refractivity contribution in [1.29, 1.82) is 0 Å². The standard InChI is InChI=1S/C20H23N3O3/c1-14(17-10-12-18(13-11-17)21-16(3)24)22-26-15(2)20(25)23(4)19-8-6-5-7-9-19/h5-13,15H,1-4H3,(H,21,24). The van der Waals surface area contributed by atoms with E-state index in [0.29, 0.717) is 11.4 Å². The molecular formula is C20H23N3O3. The molecule has 1 unspecified atom stereocenters. The number of hydrogen-bond donors (Lipinski definition) is 1. The van der Waals surface area contributed by atoms with Crippen LogP contribution in [-0.2, 0) is 14.4 Å². The molecule has 0 aliphatic heterocycles. The van der Waals surface area contributed by atoms with Gasteiger partial charge in [-0.25, -0.2) is 0 Å². The number of likely N-dealkylation sites (N-methyl/N-ethyl adjacent to an activating group) is 1. The molecule has 1 atom stereocenters. The summed E-state index contributed by atoms with van der Waals surface area (Å²) in [6.45, 7) is 4.92. The summed E-state index contributed by atoms with van der Waals surface area (Å²) in [6.07, 6.45) is -0.714. The number of carbonyl (C=O) groups excluding carboxylic acids is 2. The zero-order chi connectivity index (χ0) is 19.1. The van der Waals surface area contributed by atoms with Crippen molar-refractivity contribution in [2.75, 3.05) is 17.3 Å². The summed E-state index contributed by atoms with van der Waals surface area (Å²) in [5, 5.41) is 6.77. The van der Waals surface area contributed by atoms with E-state index in [2.05, 4.69) is 10.5 Å². The lowest BCUT2D eigenvalue weighted by Gasteiger charge is -2.20. The Labute approximate surface area is 153 Å². The highest BCUT2D eigenvalue weighted by Gasteiger charge is 2.20. The molecule has 2 aromatic rings. The Hall–Kier alpha value is -3.15. The van der Waals surface area contributed by atoms with Gasteiger partial charge in [0, 0.05) is 25.3 Å². The number of oxime groups is 1. The highest BCUT2D eigenvalue weighted by Crippen LogP contribution is 2.14. The maximum atomic E-state index is 12.4. The summed E-state index contributed by atoms with van der Waals surface area (Å²) in [4.78, 5) is 30.4. The molecule has 0 aromatic heterocycles. The van der Waals surface area contributed by atoms with Gasteiger partial charge in [-0.1, -0.05) is 35.5 Å². The van der Waals surface area contributed by atoms with Gasteiger partial charge in [0.15, 0.2) is 0 Å². The molecule has 2 aromatic carbocycles. The van der Waals surface area contributed by atoms with Crippen LogP contribution in [0.15, 0.2) is 59.8 Å². The number of hydrogen-bond acceptors (Lipinski definition) is 4. The van der Waals surface area contributed by atoms with Crippen molar-refractivity contribution in [2.45, 2.75) is 26.9 Å². The van der Waals surface area contributed by atoms with Gasteiger partial charge < -0.3 is 15.1 Å². The van der Waals surface area contributed by atoms with E-state index in [1.54, 1.807) is 33.0 Å². The predicted molar refractivity (Wildman–Crippen MR) is 103 cm³/mol. The topological polar surface area (TPSA) is 71.0 Å². The van der Waals surface area contributed by atoms with E-state index in [9.17, 15) is 9.59 Å². The maximum absolute atomic E-state index is 12.4. The zero-order valence-electron chi connectivity index (χ0n) is 15.4. The number of nitrogens with one attached hydrogen (secondary N) is 1. The van der Waals surface area contributed by atoms with Crippen LogP contribution in [-0.4, -0.2) is 30.7 Å². The fourth-order valence-electron chi connectivity index (χ4n) is 2.31. The predicted octanol–water partition coefficient (Wildman–Crippen LogP) is 3.44. The molecule has 0 bridgehead atoms. The quantitative estimate of drug-likeness (QED) is 0.639. The lowest BCUT2D eigenvalue weighted by atomic mass is 10.1. The number of amides is 2. The van der Waals surface area contributed by atoms with Crippen LogP contribution >= 0.6 is 0 Å². The van der Waals surface area contributed by atoms with Crippen LogP contribution in [0.3, 0.4) is 0 Å². The van der Waals surface area contributed by atoms with Crippen molar-refractivity contribution in [3.63, 3.8) is 0 Å². The van der Waals surface area contributed by atoms with Crippen LogP contribution < -0.4 is 10.2 Å². The third-order valence-corrected chi connectivity index (χ3v) is 3.79. The molecule has 0 aliphatic carbocycles. The zero-order valence-corrected chi connectivity index (χ0v) is 15.4. The van der Waals surface area contributed by atoms with Gasteiger partial charge in [0.25, 0.3) is 5.91 Å². The molecular weight excluding hydrogens is 330 g/mol. The van der Waals surface area contributed by atoms with Crippen molar-refractivity contribution >= 4 is 28.9 Å². The van der Waals surface area contributed by atoms with Crippen LogP contribution in [0.4, 0.5) is 11.4 Å². The highest BCUT2D eigenvalue weighted by molar-refractivity contribution is 5.99. The van der Waals surface area contributed by atoms with Crippen molar-refractivity contribution in [3.8, 4) is 0 Å². The highest BCUT2D eigenvalue weighted by atomic mass is 16.6. The third-order valence-electron chi connectivity index (χ3n) is 3.79. The van der Waals surface area contributed by atoms with E-state index >= 15 is 0 Å². The summed E-state index contributed by atoms with van der Waals surface area (Å²) >= 11 is 0. The minimum absolute atomic E-state index is 0.124. The van der Waals surface area contributed by atoms with Gasteiger partial charge in [-0.15, -0.1) is 0 Å². The summed E-state index contributed by atoms with van der Waals surface area (Å²) in [5.41, 5.74) is 2.99. The fraction of sp³-hybridized carbons (Fsp3) is 0.250. The number of benzene rings is 2. The van der Waals surface area contributed by atoms with Gasteiger partial charge in [-0.2, -0.15) is 0 Å². The first-order valence-electron chi connectivity index (χ1n) is 8.29. The van der Waals surface area contributed by atoms with Crippen LogP contribution in [0.25, 0.3) is 0 Å². The van der Waals surface area contributed by atoms with Gasteiger partial charge in [0.05, 0.1) is 5.71 Å². The summed E-state index contributed by atoms with van der Waals surface area (Å²) < 4.78 is 0. The van der Waals surface area contributed by atoms with E-state index in [-0.39, 0.29) is 11.8 Å². The first-order chi connectivity index (χ1) is 12.4. The Morgan fingerprint density at radius 3 is 2.23 bits per heavy atom. The Kier molecular flexibility index (Phi) is 6.49. The number of carbonyl (C=O) groups is 2. The van der Waals surface area contributed by atoms with Crippen molar-refractivity contribution in [2.24, 2.45) is 5.16 Å². The second kappa shape index (κ2) is 8.80. The Bertz CT molecular complexity index is 786. The first kappa shape index (κ1) is 19.2. The minimum Gasteiger partial charge on any atom is -0.382 e. The molecule has 136 valence electrons. The first-order valence-corrected chi connectivity index (χ1v) is 8.29. The van der Waals surface area contributed by atoms with Crippen molar-refractivity contribution in [1.82, 2.24) is 0 Å². The molecule has 1 N–H and O–H groups in total. The normalized spacial score (nSPS) is 12.2. The lowest BCUT2D eigenvalue weighted by Crippen LogP contribution is -2.35. The minimum atomic E-state index is -0.714. The molecule has 0 saturated carbocycles. The Balaban J connectivity index is 1.99. The van der Waals surface area contributed by atoms with Crippen molar-refractivity contribution in [3.05, 3.63) is 60.2 Å². The average Bonchev–Trinajstić information content (AvgIpc) is 2.65. The summed E-state index contributed by atoms with van der Waals surface area (Å²) in [6, 6.07) is 16.6. The van der Waals surface area contributed by atoms with Gasteiger partial charge in [0.2, 0.25) is 12.0 Å². The molecule has 0 saturated heterocycles. The SMILES string of the molecule is CC(=O)Nc1ccc(C(C)=NOC(C)C(=O)N(C)c2ccccc2)cc1.